The van der Waals surface area contributed by atoms with Crippen LogP contribution in [0.15, 0.2) is 55.0 Å². The number of piperazine rings is 1. The molecule has 4 heterocycles. The zero-order valence-corrected chi connectivity index (χ0v) is 18.6. The SMILES string of the molecule is CCC(C)c1ccnc2c(-c3ccnc(Nc4ccc(N5CCNCC5)cc4)n3)c[nH]c12. The Kier molecular flexibility index (Phi) is 5.73. The Morgan fingerprint density at radius 1 is 1.03 bits per heavy atom. The molecule has 0 saturated carbocycles. The van der Waals surface area contributed by atoms with Gasteiger partial charge in [0.15, 0.2) is 0 Å². The summed E-state index contributed by atoms with van der Waals surface area (Å²) in [6, 6.07) is 12.5. The number of aromatic amines is 1. The van der Waals surface area contributed by atoms with Crippen molar-refractivity contribution in [2.75, 3.05) is 36.4 Å². The van der Waals surface area contributed by atoms with Crippen molar-refractivity contribution < 1.29 is 0 Å². The summed E-state index contributed by atoms with van der Waals surface area (Å²) in [5, 5.41) is 6.73. The highest BCUT2D eigenvalue weighted by atomic mass is 15.2. The van der Waals surface area contributed by atoms with E-state index in [-0.39, 0.29) is 0 Å². The average Bonchev–Trinajstić information content (AvgIpc) is 3.29. The number of aromatic nitrogens is 4. The van der Waals surface area contributed by atoms with Gasteiger partial charge in [0, 0.05) is 61.7 Å². The summed E-state index contributed by atoms with van der Waals surface area (Å²) in [7, 11) is 0. The number of benzene rings is 1. The molecule has 1 atom stereocenters. The molecular formula is C25H29N7. The van der Waals surface area contributed by atoms with Crippen LogP contribution in [0.2, 0.25) is 0 Å². The van der Waals surface area contributed by atoms with E-state index in [0.717, 1.165) is 60.6 Å². The van der Waals surface area contributed by atoms with Gasteiger partial charge in [0.25, 0.3) is 0 Å². The van der Waals surface area contributed by atoms with Crippen molar-refractivity contribution >= 4 is 28.4 Å². The fourth-order valence-electron chi connectivity index (χ4n) is 4.25. The molecule has 0 amide bonds. The molecule has 1 aliphatic heterocycles. The lowest BCUT2D eigenvalue weighted by Crippen LogP contribution is -2.43. The van der Waals surface area contributed by atoms with Crippen LogP contribution in [-0.2, 0) is 0 Å². The van der Waals surface area contributed by atoms with Crippen molar-refractivity contribution in [1.29, 1.82) is 0 Å². The molecule has 1 aliphatic rings. The lowest BCUT2D eigenvalue weighted by molar-refractivity contribution is 0.589. The van der Waals surface area contributed by atoms with Crippen LogP contribution in [0.25, 0.3) is 22.3 Å². The number of H-pyrrole nitrogens is 1. The third kappa shape index (κ3) is 4.03. The Bertz CT molecular complexity index is 1190. The van der Waals surface area contributed by atoms with Crippen molar-refractivity contribution in [2.45, 2.75) is 26.2 Å². The van der Waals surface area contributed by atoms with E-state index in [1.807, 2.05) is 18.5 Å². The monoisotopic (exact) mass is 427 g/mol. The molecular weight excluding hydrogens is 398 g/mol. The first-order valence-electron chi connectivity index (χ1n) is 11.3. The van der Waals surface area contributed by atoms with E-state index in [0.29, 0.717) is 11.9 Å². The Morgan fingerprint density at radius 2 is 1.81 bits per heavy atom. The normalized spacial score (nSPS) is 15.1. The number of pyridine rings is 1. The summed E-state index contributed by atoms with van der Waals surface area (Å²) in [6.07, 6.45) is 6.76. The van der Waals surface area contributed by atoms with Crippen LogP contribution < -0.4 is 15.5 Å². The number of hydrogen-bond acceptors (Lipinski definition) is 6. The Hall–Kier alpha value is -3.45. The van der Waals surface area contributed by atoms with Crippen molar-refractivity contribution in [1.82, 2.24) is 25.3 Å². The van der Waals surface area contributed by atoms with Crippen LogP contribution in [0.1, 0.15) is 31.7 Å². The van der Waals surface area contributed by atoms with Crippen molar-refractivity contribution in [3.05, 3.63) is 60.6 Å². The summed E-state index contributed by atoms with van der Waals surface area (Å²) in [6.45, 7) is 8.59. The fraction of sp³-hybridized carbons (Fsp3) is 0.320. The van der Waals surface area contributed by atoms with Crippen LogP contribution in [0.4, 0.5) is 17.3 Å². The van der Waals surface area contributed by atoms with Crippen LogP contribution in [-0.4, -0.2) is 46.1 Å². The summed E-state index contributed by atoms with van der Waals surface area (Å²) >= 11 is 0. The van der Waals surface area contributed by atoms with Gasteiger partial charge in [-0.25, -0.2) is 9.97 Å². The molecule has 0 bridgehead atoms. The van der Waals surface area contributed by atoms with E-state index in [1.54, 1.807) is 6.20 Å². The van der Waals surface area contributed by atoms with E-state index in [2.05, 4.69) is 74.7 Å². The highest BCUT2D eigenvalue weighted by molar-refractivity contribution is 5.93. The number of hydrogen-bond donors (Lipinski definition) is 3. The lowest BCUT2D eigenvalue weighted by Gasteiger charge is -2.29. The summed E-state index contributed by atoms with van der Waals surface area (Å²) in [5.41, 5.74) is 7.39. The molecule has 0 radical (unpaired) electrons. The Morgan fingerprint density at radius 3 is 2.59 bits per heavy atom. The minimum absolute atomic E-state index is 0.471. The van der Waals surface area contributed by atoms with Gasteiger partial charge < -0.3 is 20.5 Å². The maximum Gasteiger partial charge on any atom is 0.227 e. The third-order valence-electron chi connectivity index (χ3n) is 6.28. The van der Waals surface area contributed by atoms with Crippen molar-refractivity contribution in [3.8, 4) is 11.3 Å². The number of nitrogens with zero attached hydrogens (tertiary/aromatic N) is 4. The van der Waals surface area contributed by atoms with Gasteiger partial charge >= 0.3 is 0 Å². The molecule has 1 unspecified atom stereocenters. The molecule has 3 N–H and O–H groups in total. The van der Waals surface area contributed by atoms with Gasteiger partial charge in [0.1, 0.15) is 0 Å². The molecule has 0 aliphatic carbocycles. The van der Waals surface area contributed by atoms with Crippen molar-refractivity contribution in [2.24, 2.45) is 0 Å². The second-order valence-electron chi connectivity index (χ2n) is 8.31. The quantitative estimate of drug-likeness (QED) is 0.414. The highest BCUT2D eigenvalue weighted by Crippen LogP contribution is 2.32. The van der Waals surface area contributed by atoms with Crippen LogP contribution in [0, 0.1) is 0 Å². The van der Waals surface area contributed by atoms with E-state index in [9.17, 15) is 0 Å². The molecule has 7 nitrogen and oxygen atoms in total. The predicted molar refractivity (Wildman–Crippen MR) is 131 cm³/mol. The second-order valence-corrected chi connectivity index (χ2v) is 8.31. The molecule has 7 heteroatoms. The Labute approximate surface area is 188 Å². The minimum atomic E-state index is 0.471. The second kappa shape index (κ2) is 8.96. The first-order chi connectivity index (χ1) is 15.7. The molecule has 32 heavy (non-hydrogen) atoms. The van der Waals surface area contributed by atoms with Crippen LogP contribution in [0.3, 0.4) is 0 Å². The number of fused-ring (bicyclic) bond motifs is 1. The van der Waals surface area contributed by atoms with Gasteiger partial charge in [-0.15, -0.1) is 0 Å². The van der Waals surface area contributed by atoms with Gasteiger partial charge in [0.2, 0.25) is 5.95 Å². The molecule has 5 rings (SSSR count). The summed E-state index contributed by atoms with van der Waals surface area (Å²) in [5.74, 6) is 1.05. The van der Waals surface area contributed by atoms with Gasteiger partial charge in [-0.05, 0) is 54.3 Å². The lowest BCUT2D eigenvalue weighted by atomic mass is 9.98. The summed E-state index contributed by atoms with van der Waals surface area (Å²) < 4.78 is 0. The molecule has 1 saturated heterocycles. The fourth-order valence-corrected chi connectivity index (χ4v) is 4.25. The maximum atomic E-state index is 4.77. The first kappa shape index (κ1) is 20.5. The minimum Gasteiger partial charge on any atom is -0.369 e. The predicted octanol–water partition coefficient (Wildman–Crippen LogP) is 4.69. The zero-order valence-electron chi connectivity index (χ0n) is 18.6. The maximum absolute atomic E-state index is 4.77. The van der Waals surface area contributed by atoms with E-state index in [4.69, 9.17) is 4.98 Å². The van der Waals surface area contributed by atoms with Gasteiger partial charge in [-0.3, -0.25) is 4.98 Å². The average molecular weight is 428 g/mol. The smallest absolute Gasteiger partial charge is 0.227 e. The molecule has 4 aromatic rings. The largest absolute Gasteiger partial charge is 0.369 e. The van der Waals surface area contributed by atoms with Gasteiger partial charge in [-0.2, -0.15) is 0 Å². The highest BCUT2D eigenvalue weighted by Gasteiger charge is 2.15. The molecule has 0 spiro atoms. The van der Waals surface area contributed by atoms with Crippen molar-refractivity contribution in [3.63, 3.8) is 0 Å². The molecule has 164 valence electrons. The van der Waals surface area contributed by atoms with E-state index in [1.165, 1.54) is 11.3 Å². The third-order valence-corrected chi connectivity index (χ3v) is 6.28. The standard InChI is InChI=1S/C25H29N7/c1-3-17(2)20-8-10-27-24-21(16-29-23(20)24)22-9-11-28-25(31-22)30-18-4-6-19(7-5-18)32-14-12-26-13-15-32/h4-11,16-17,26,29H,3,12-15H2,1-2H3,(H,28,30,31). The first-order valence-corrected chi connectivity index (χ1v) is 11.3. The topological polar surface area (TPSA) is 81.8 Å². The van der Waals surface area contributed by atoms with Gasteiger partial charge in [0.05, 0.1) is 16.7 Å². The van der Waals surface area contributed by atoms with Gasteiger partial charge in [-0.1, -0.05) is 13.8 Å². The van der Waals surface area contributed by atoms with E-state index < -0.39 is 0 Å². The number of anilines is 3. The summed E-state index contributed by atoms with van der Waals surface area (Å²) in [4.78, 5) is 19.7. The van der Waals surface area contributed by atoms with Crippen LogP contribution >= 0.6 is 0 Å². The molecule has 3 aromatic heterocycles. The number of nitrogens with one attached hydrogen (secondary N) is 3. The van der Waals surface area contributed by atoms with Crippen LogP contribution in [0.5, 0.6) is 0 Å². The van der Waals surface area contributed by atoms with E-state index >= 15 is 0 Å². The number of rotatable bonds is 6. The molecule has 1 aromatic carbocycles. The zero-order chi connectivity index (χ0) is 21.9. The Balaban J connectivity index is 1.38. The molecule has 1 fully saturated rings.